The molecule has 0 radical (unpaired) electrons. The highest BCUT2D eigenvalue weighted by Crippen LogP contribution is 2.50. The van der Waals surface area contributed by atoms with Gasteiger partial charge in [-0.3, -0.25) is 0 Å². The predicted octanol–water partition coefficient (Wildman–Crippen LogP) is 4.28. The van der Waals surface area contributed by atoms with Gasteiger partial charge in [-0.05, 0) is 23.6 Å². The van der Waals surface area contributed by atoms with Crippen molar-refractivity contribution in [1.29, 1.82) is 10.5 Å². The molecule has 5 heterocycles. The van der Waals surface area contributed by atoms with Crippen LogP contribution in [0, 0.1) is 34.3 Å². The Hall–Kier alpha value is -3.90. The SMILES string of the molecule is N#CCC1OCc2c(-c3ccc(F)c4sc(N)c(C#N)c34)c(F)c3ncnc(N4C[C@H]5C[C@@H]4CN5)c3c21. The highest BCUT2D eigenvalue weighted by Gasteiger charge is 2.41. The van der Waals surface area contributed by atoms with Crippen molar-refractivity contribution >= 4 is 43.1 Å². The number of rotatable bonds is 3. The highest BCUT2D eigenvalue weighted by atomic mass is 32.1. The third kappa shape index (κ3) is 3.02. The Labute approximate surface area is 213 Å². The van der Waals surface area contributed by atoms with Crippen LogP contribution in [0.2, 0.25) is 0 Å². The van der Waals surface area contributed by atoms with Crippen molar-refractivity contribution in [2.45, 2.75) is 37.6 Å². The lowest BCUT2D eigenvalue weighted by atomic mass is 9.88. The second-order valence-electron chi connectivity index (χ2n) is 9.56. The van der Waals surface area contributed by atoms with Gasteiger partial charge in [-0.1, -0.05) is 6.07 Å². The van der Waals surface area contributed by atoms with Gasteiger partial charge in [0.25, 0.3) is 0 Å². The van der Waals surface area contributed by atoms with E-state index >= 15 is 4.39 Å². The molecule has 3 atom stereocenters. The fourth-order valence-corrected chi connectivity index (χ4v) is 7.12. The number of halogens is 2. The number of ether oxygens (including phenoxy) is 1. The topological polar surface area (TPSA) is 124 Å². The van der Waals surface area contributed by atoms with Crippen LogP contribution in [0.4, 0.5) is 19.6 Å². The molecule has 184 valence electrons. The molecule has 3 aliphatic rings. The number of nitrogen functional groups attached to an aromatic ring is 1. The number of anilines is 2. The number of benzene rings is 2. The third-order valence-electron chi connectivity index (χ3n) is 7.71. The second kappa shape index (κ2) is 8.05. The lowest BCUT2D eigenvalue weighted by molar-refractivity contribution is 0.0702. The first-order valence-corrected chi connectivity index (χ1v) is 12.7. The Morgan fingerprint density at radius 3 is 2.84 bits per heavy atom. The molecule has 2 fully saturated rings. The molecule has 0 spiro atoms. The van der Waals surface area contributed by atoms with Crippen LogP contribution in [-0.2, 0) is 11.3 Å². The molecule has 37 heavy (non-hydrogen) atoms. The van der Waals surface area contributed by atoms with Gasteiger partial charge in [0.2, 0.25) is 0 Å². The van der Waals surface area contributed by atoms with Crippen LogP contribution in [0.5, 0.6) is 0 Å². The van der Waals surface area contributed by atoms with Crippen molar-refractivity contribution in [1.82, 2.24) is 15.3 Å². The molecule has 1 unspecified atom stereocenters. The number of hydrogen-bond donors (Lipinski definition) is 2. The van der Waals surface area contributed by atoms with Crippen molar-refractivity contribution in [2.24, 2.45) is 0 Å². The quantitative estimate of drug-likeness (QED) is 0.414. The smallest absolute Gasteiger partial charge is 0.157 e. The van der Waals surface area contributed by atoms with Gasteiger partial charge in [-0.2, -0.15) is 10.5 Å². The number of fused-ring (bicyclic) bond motifs is 6. The standard InChI is InChI=1S/C26H19F2N7OS/c27-16-2-1-13(19-14(6-30)25(31)37-24(16)19)18-15-9-36-17(3-4-29)20(15)21-23(22(18)28)33-10-34-26(21)35-8-11-5-12(35)7-32-11/h1-2,10-12,17,32H,3,5,7-9,31H2/t11-,12-,17?/m1/s1. The molecule has 0 saturated carbocycles. The number of hydrogen-bond acceptors (Lipinski definition) is 9. The van der Waals surface area contributed by atoms with E-state index in [1.54, 1.807) is 0 Å². The van der Waals surface area contributed by atoms with Crippen molar-refractivity contribution < 1.29 is 13.5 Å². The van der Waals surface area contributed by atoms with Crippen LogP contribution < -0.4 is 16.0 Å². The number of aromatic nitrogens is 2. The van der Waals surface area contributed by atoms with Crippen molar-refractivity contribution in [3.05, 3.63) is 46.8 Å². The first kappa shape index (κ1) is 22.3. The lowest BCUT2D eigenvalue weighted by Gasteiger charge is -2.30. The summed E-state index contributed by atoms with van der Waals surface area (Å²) in [4.78, 5) is 11.1. The van der Waals surface area contributed by atoms with Gasteiger partial charge in [0.15, 0.2) is 5.82 Å². The third-order valence-corrected chi connectivity index (χ3v) is 8.73. The van der Waals surface area contributed by atoms with E-state index in [2.05, 4.69) is 32.3 Å². The van der Waals surface area contributed by atoms with Gasteiger partial charge >= 0.3 is 0 Å². The Kier molecular flexibility index (Phi) is 4.85. The molecule has 2 bridgehead atoms. The number of thiophene rings is 1. The lowest BCUT2D eigenvalue weighted by Crippen LogP contribution is -2.44. The van der Waals surface area contributed by atoms with E-state index in [1.165, 1.54) is 18.5 Å². The molecular formula is C26H19F2N7OS. The second-order valence-corrected chi connectivity index (χ2v) is 10.6. The van der Waals surface area contributed by atoms with Gasteiger partial charge < -0.3 is 20.7 Å². The Morgan fingerprint density at radius 1 is 1.24 bits per heavy atom. The maximum absolute atomic E-state index is 16.6. The maximum atomic E-state index is 16.6. The van der Waals surface area contributed by atoms with Crippen molar-refractivity contribution in [3.8, 4) is 23.3 Å². The Bertz CT molecular complexity index is 1720. The van der Waals surface area contributed by atoms with Gasteiger partial charge in [-0.25, -0.2) is 18.7 Å². The largest absolute Gasteiger partial charge is 0.389 e. The van der Waals surface area contributed by atoms with E-state index in [9.17, 15) is 14.9 Å². The van der Waals surface area contributed by atoms with E-state index in [-0.39, 0.29) is 50.8 Å². The minimum Gasteiger partial charge on any atom is -0.389 e. The van der Waals surface area contributed by atoms with Crippen molar-refractivity contribution in [2.75, 3.05) is 23.7 Å². The zero-order valence-corrected chi connectivity index (χ0v) is 20.2. The van der Waals surface area contributed by atoms with E-state index in [1.807, 2.05) is 0 Å². The number of nitriles is 2. The molecule has 2 aromatic heterocycles. The van der Waals surface area contributed by atoms with Gasteiger partial charge in [0, 0.05) is 41.7 Å². The summed E-state index contributed by atoms with van der Waals surface area (Å²) in [5.41, 5.74) is 8.05. The van der Waals surface area contributed by atoms with E-state index in [0.717, 1.165) is 30.8 Å². The average Bonchev–Trinajstić information content (AvgIpc) is 3.68. The number of piperazine rings is 1. The van der Waals surface area contributed by atoms with E-state index in [4.69, 9.17) is 10.5 Å². The highest BCUT2D eigenvalue weighted by molar-refractivity contribution is 7.23. The Morgan fingerprint density at radius 2 is 2.11 bits per heavy atom. The van der Waals surface area contributed by atoms with Crippen LogP contribution in [-0.4, -0.2) is 35.1 Å². The van der Waals surface area contributed by atoms with E-state index in [0.29, 0.717) is 33.9 Å². The van der Waals surface area contributed by atoms with Crippen LogP contribution in [0.25, 0.3) is 32.1 Å². The summed E-state index contributed by atoms with van der Waals surface area (Å²) in [5.74, 6) is -0.491. The summed E-state index contributed by atoms with van der Waals surface area (Å²) in [7, 11) is 0. The van der Waals surface area contributed by atoms with Crippen molar-refractivity contribution in [3.63, 3.8) is 0 Å². The van der Waals surface area contributed by atoms with Crippen LogP contribution in [0.15, 0.2) is 18.5 Å². The monoisotopic (exact) mass is 515 g/mol. The summed E-state index contributed by atoms with van der Waals surface area (Å²) in [6.45, 7) is 1.63. The van der Waals surface area contributed by atoms with Crippen LogP contribution >= 0.6 is 11.3 Å². The average molecular weight is 516 g/mol. The minimum absolute atomic E-state index is 0.0617. The zero-order chi connectivity index (χ0) is 25.4. The predicted molar refractivity (Wildman–Crippen MR) is 135 cm³/mol. The molecule has 4 aromatic rings. The maximum Gasteiger partial charge on any atom is 0.157 e. The molecule has 11 heteroatoms. The fraction of sp³-hybridized carbons (Fsp3) is 0.308. The number of nitrogens with zero attached hydrogens (tertiary/aromatic N) is 5. The van der Waals surface area contributed by atoms with Crippen LogP contribution in [0.1, 0.15) is 35.6 Å². The summed E-state index contributed by atoms with van der Waals surface area (Å²) in [6, 6.07) is 7.54. The molecule has 8 nitrogen and oxygen atoms in total. The van der Waals surface area contributed by atoms with Gasteiger partial charge in [0.1, 0.15) is 34.5 Å². The number of nitrogens with two attached hydrogens (primary N) is 1. The molecule has 3 N–H and O–H groups in total. The van der Waals surface area contributed by atoms with Gasteiger partial charge in [-0.15, -0.1) is 11.3 Å². The molecular weight excluding hydrogens is 496 g/mol. The summed E-state index contributed by atoms with van der Waals surface area (Å²) < 4.78 is 37.6. The van der Waals surface area contributed by atoms with Crippen LogP contribution in [0.3, 0.4) is 0 Å². The molecule has 7 rings (SSSR count). The summed E-state index contributed by atoms with van der Waals surface area (Å²) >= 11 is 0.962. The molecule has 0 amide bonds. The Balaban J connectivity index is 1.58. The molecule has 3 aliphatic heterocycles. The number of nitrogens with one attached hydrogen (secondary N) is 1. The first-order valence-electron chi connectivity index (χ1n) is 11.9. The van der Waals surface area contributed by atoms with E-state index < -0.39 is 17.7 Å². The minimum atomic E-state index is -0.595. The normalized spacial score (nSPS) is 22.1. The first-order chi connectivity index (χ1) is 18.0. The molecule has 0 aliphatic carbocycles. The summed E-state index contributed by atoms with van der Waals surface area (Å²) in [6.07, 6.45) is 1.82. The van der Waals surface area contributed by atoms with Gasteiger partial charge in [0.05, 0.1) is 40.9 Å². The fourth-order valence-electron chi connectivity index (χ4n) is 6.17. The summed E-state index contributed by atoms with van der Waals surface area (Å²) in [5, 5.41) is 23.8. The molecule has 2 aromatic carbocycles. The zero-order valence-electron chi connectivity index (χ0n) is 19.4. The molecule has 2 saturated heterocycles.